The summed E-state index contributed by atoms with van der Waals surface area (Å²) in [5.41, 5.74) is 5.66. The van der Waals surface area contributed by atoms with Crippen LogP contribution in [0.25, 0.3) is 0 Å². The molecule has 1 aromatic heterocycles. The van der Waals surface area contributed by atoms with E-state index in [0.717, 1.165) is 0 Å². The summed E-state index contributed by atoms with van der Waals surface area (Å²) in [6, 6.07) is 1.86. The van der Waals surface area contributed by atoms with Crippen molar-refractivity contribution in [3.05, 3.63) is 16.5 Å². The Morgan fingerprint density at radius 1 is 1.80 bits per heavy atom. The number of nitrogens with two attached hydrogens (primary N) is 1. The van der Waals surface area contributed by atoms with E-state index in [0.29, 0.717) is 5.56 Å². The Hall–Kier alpha value is -1.41. The first-order chi connectivity index (χ1) is 4.74. The lowest BCUT2D eigenvalue weighted by molar-refractivity contribution is 1.13. The molecule has 3 N–H and O–H groups in total. The second kappa shape index (κ2) is 2.45. The topological polar surface area (TPSA) is 78.5 Å². The molecule has 0 aromatic carbocycles. The lowest BCUT2D eigenvalue weighted by atomic mass is 10.3. The van der Waals surface area contributed by atoms with Crippen LogP contribution in [0.2, 0.25) is 0 Å². The maximum absolute atomic E-state index is 8.39. The molecule has 0 bridgehead atoms. The summed E-state index contributed by atoms with van der Waals surface area (Å²) in [4.78, 5) is 6.22. The number of aromatic nitrogens is 2. The van der Waals surface area contributed by atoms with Crippen molar-refractivity contribution in [3.8, 4) is 6.07 Å². The van der Waals surface area contributed by atoms with Gasteiger partial charge in [-0.2, -0.15) is 5.26 Å². The van der Waals surface area contributed by atoms with E-state index in [1.807, 2.05) is 6.07 Å². The van der Waals surface area contributed by atoms with E-state index in [4.69, 9.17) is 11.0 Å². The van der Waals surface area contributed by atoms with Crippen LogP contribution in [0.4, 0.5) is 5.82 Å². The highest BCUT2D eigenvalue weighted by atomic mass is 32.1. The van der Waals surface area contributed by atoms with E-state index in [-0.39, 0.29) is 10.6 Å². The maximum atomic E-state index is 8.39. The summed E-state index contributed by atoms with van der Waals surface area (Å²) in [7, 11) is 0. The quantitative estimate of drug-likeness (QED) is 0.533. The number of nitrogens with zero attached hydrogens (tertiary/aromatic N) is 2. The van der Waals surface area contributed by atoms with Gasteiger partial charge in [-0.3, -0.25) is 0 Å². The predicted octanol–water partition coefficient (Wildman–Crippen LogP) is 0.593. The van der Waals surface area contributed by atoms with Gasteiger partial charge in [-0.25, -0.2) is 4.98 Å². The molecule has 0 fully saturated rings. The first kappa shape index (κ1) is 6.71. The highest BCUT2D eigenvalue weighted by Crippen LogP contribution is 2.01. The number of H-pyrrole nitrogens is 1. The van der Waals surface area contributed by atoms with Crippen LogP contribution in [0.3, 0.4) is 0 Å². The molecule has 10 heavy (non-hydrogen) atoms. The fourth-order valence-electron chi connectivity index (χ4n) is 0.497. The fraction of sp³-hybridized carbons (Fsp3) is 0. The predicted molar refractivity (Wildman–Crippen MR) is 38.5 cm³/mol. The zero-order valence-corrected chi connectivity index (χ0v) is 5.77. The van der Waals surface area contributed by atoms with Crippen molar-refractivity contribution in [1.82, 2.24) is 9.97 Å². The summed E-state index contributed by atoms with van der Waals surface area (Å²) in [5.74, 6) is 0.266. The number of rotatable bonds is 0. The minimum atomic E-state index is 0.266. The first-order valence-corrected chi connectivity index (χ1v) is 2.90. The molecule has 0 saturated heterocycles. The third-order valence-corrected chi connectivity index (χ3v) is 1.17. The van der Waals surface area contributed by atoms with Gasteiger partial charge in [0, 0.05) is 0 Å². The summed E-state index contributed by atoms with van der Waals surface area (Å²) < 4.78 is 0.288. The molecule has 0 spiro atoms. The van der Waals surface area contributed by atoms with Gasteiger partial charge in [0.25, 0.3) is 0 Å². The Kier molecular flexibility index (Phi) is 1.65. The van der Waals surface area contributed by atoms with E-state index >= 15 is 0 Å². The van der Waals surface area contributed by atoms with Crippen LogP contribution in [0, 0.1) is 16.1 Å². The molecular weight excluding hydrogens is 148 g/mol. The van der Waals surface area contributed by atoms with Crippen molar-refractivity contribution in [3.63, 3.8) is 0 Å². The normalized spacial score (nSPS) is 8.70. The molecule has 5 heteroatoms. The van der Waals surface area contributed by atoms with Crippen molar-refractivity contribution in [2.24, 2.45) is 0 Å². The lowest BCUT2D eigenvalue weighted by Crippen LogP contribution is -1.95. The third kappa shape index (κ3) is 1.11. The van der Waals surface area contributed by atoms with Gasteiger partial charge in [-0.05, 0) is 12.2 Å². The van der Waals surface area contributed by atoms with Crippen LogP contribution >= 0.6 is 12.2 Å². The standard InChI is InChI=1S/C5H4N4S/c6-1-3-2-8-5(10)9-4(3)7/h2H,(H3,7,8,9,10). The molecule has 1 rings (SSSR count). The zero-order valence-electron chi connectivity index (χ0n) is 4.96. The first-order valence-electron chi connectivity index (χ1n) is 2.49. The van der Waals surface area contributed by atoms with Gasteiger partial charge in [0.1, 0.15) is 17.5 Å². The minimum Gasteiger partial charge on any atom is -0.384 e. The Morgan fingerprint density at radius 3 is 3.00 bits per heavy atom. The summed E-state index contributed by atoms with van der Waals surface area (Å²) >= 11 is 4.65. The number of nitriles is 1. The van der Waals surface area contributed by atoms with Gasteiger partial charge < -0.3 is 10.7 Å². The lowest BCUT2D eigenvalue weighted by Gasteiger charge is -1.92. The second-order valence-electron chi connectivity index (χ2n) is 1.63. The summed E-state index contributed by atoms with van der Waals surface area (Å²) in [6.45, 7) is 0. The molecule has 0 saturated carbocycles. The maximum Gasteiger partial charge on any atom is 0.198 e. The fourth-order valence-corrected chi connectivity index (χ4v) is 0.659. The average molecular weight is 152 g/mol. The van der Waals surface area contributed by atoms with Gasteiger partial charge in [-0.15, -0.1) is 0 Å². The number of aromatic amines is 1. The Morgan fingerprint density at radius 2 is 2.50 bits per heavy atom. The van der Waals surface area contributed by atoms with Crippen molar-refractivity contribution < 1.29 is 0 Å². The number of hydrogen-bond donors (Lipinski definition) is 2. The molecule has 0 atom stereocenters. The van der Waals surface area contributed by atoms with Crippen molar-refractivity contribution in [2.75, 3.05) is 5.73 Å². The van der Waals surface area contributed by atoms with Crippen LogP contribution in [-0.2, 0) is 0 Å². The molecule has 0 unspecified atom stereocenters. The molecule has 0 aliphatic carbocycles. The average Bonchev–Trinajstić information content (AvgIpc) is 1.88. The SMILES string of the molecule is N#Cc1cnc(=S)[nH]c1N. The van der Waals surface area contributed by atoms with Crippen LogP contribution < -0.4 is 5.73 Å². The van der Waals surface area contributed by atoms with Gasteiger partial charge >= 0.3 is 0 Å². The smallest absolute Gasteiger partial charge is 0.198 e. The highest BCUT2D eigenvalue weighted by molar-refractivity contribution is 7.71. The largest absolute Gasteiger partial charge is 0.384 e. The Bertz CT molecular complexity index is 334. The van der Waals surface area contributed by atoms with Gasteiger partial charge in [0.05, 0.1) is 6.20 Å². The van der Waals surface area contributed by atoms with Crippen LogP contribution in [-0.4, -0.2) is 9.97 Å². The molecular formula is C5H4N4S. The van der Waals surface area contributed by atoms with E-state index in [2.05, 4.69) is 22.2 Å². The Balaban J connectivity index is 3.37. The van der Waals surface area contributed by atoms with E-state index < -0.39 is 0 Å². The van der Waals surface area contributed by atoms with Crippen LogP contribution in [0.5, 0.6) is 0 Å². The van der Waals surface area contributed by atoms with Crippen molar-refractivity contribution >= 4 is 18.0 Å². The summed E-state index contributed by atoms with van der Waals surface area (Å²) in [6.07, 6.45) is 1.34. The number of anilines is 1. The molecule has 50 valence electrons. The van der Waals surface area contributed by atoms with E-state index in [1.54, 1.807) is 0 Å². The molecule has 0 radical (unpaired) electrons. The Labute approximate surface area is 62.3 Å². The molecule has 0 aliphatic rings. The minimum absolute atomic E-state index is 0.266. The molecule has 0 amide bonds. The highest BCUT2D eigenvalue weighted by Gasteiger charge is 1.94. The third-order valence-electron chi connectivity index (χ3n) is 0.963. The van der Waals surface area contributed by atoms with Gasteiger partial charge in [0.15, 0.2) is 4.77 Å². The van der Waals surface area contributed by atoms with Gasteiger partial charge in [0.2, 0.25) is 0 Å². The second-order valence-corrected chi connectivity index (χ2v) is 2.01. The molecule has 0 aliphatic heterocycles. The molecule has 1 heterocycles. The van der Waals surface area contributed by atoms with E-state index in [9.17, 15) is 0 Å². The zero-order chi connectivity index (χ0) is 7.56. The van der Waals surface area contributed by atoms with E-state index in [1.165, 1.54) is 6.20 Å². The molecule has 1 aromatic rings. The monoisotopic (exact) mass is 152 g/mol. The number of nitrogen functional groups attached to an aromatic ring is 1. The van der Waals surface area contributed by atoms with Gasteiger partial charge in [-0.1, -0.05) is 0 Å². The van der Waals surface area contributed by atoms with Crippen molar-refractivity contribution in [1.29, 1.82) is 5.26 Å². The number of hydrogen-bond acceptors (Lipinski definition) is 4. The number of nitrogens with one attached hydrogen (secondary N) is 1. The van der Waals surface area contributed by atoms with Crippen LogP contribution in [0.1, 0.15) is 5.56 Å². The molecule has 4 nitrogen and oxygen atoms in total. The summed E-state index contributed by atoms with van der Waals surface area (Å²) in [5, 5.41) is 8.39. The van der Waals surface area contributed by atoms with Crippen molar-refractivity contribution in [2.45, 2.75) is 0 Å². The van der Waals surface area contributed by atoms with Crippen LogP contribution in [0.15, 0.2) is 6.20 Å².